The van der Waals surface area contributed by atoms with Crippen molar-refractivity contribution in [2.45, 2.75) is 0 Å². The van der Waals surface area contributed by atoms with Crippen LogP contribution in [-0.4, -0.2) is 19.4 Å². The van der Waals surface area contributed by atoms with Crippen molar-refractivity contribution in [2.24, 2.45) is 0 Å². The van der Waals surface area contributed by atoms with E-state index in [-0.39, 0.29) is 26.3 Å². The third kappa shape index (κ3) is 2.73. The van der Waals surface area contributed by atoms with E-state index in [1.165, 1.54) is 0 Å². The maximum atomic E-state index is 13.6. The summed E-state index contributed by atoms with van der Waals surface area (Å²) in [5.41, 5.74) is -2.20. The zero-order valence-corrected chi connectivity index (χ0v) is 12.9. The minimum absolute atomic E-state index is 0.0394. The summed E-state index contributed by atoms with van der Waals surface area (Å²) in [4.78, 5) is 25.0. The quantitative estimate of drug-likeness (QED) is 0.691. The normalized spacial score (nSPS) is 11.8. The van der Waals surface area contributed by atoms with Crippen molar-refractivity contribution in [3.8, 4) is 0 Å². The molecule has 0 aliphatic carbocycles. The van der Waals surface area contributed by atoms with Gasteiger partial charge >= 0.3 is 10.1 Å². The van der Waals surface area contributed by atoms with Crippen molar-refractivity contribution in [2.75, 3.05) is 6.26 Å². The summed E-state index contributed by atoms with van der Waals surface area (Å²) in [7, 11) is -4.19. The molecule has 0 radical (unpaired) electrons. The van der Waals surface area contributed by atoms with Crippen molar-refractivity contribution in [1.82, 2.24) is 4.73 Å². The molecule has 1 heterocycles. The molecule has 0 unspecified atom stereocenters. The predicted molar refractivity (Wildman–Crippen MR) is 83.3 cm³/mol. The van der Waals surface area contributed by atoms with E-state index in [4.69, 9.17) is 0 Å². The largest absolute Gasteiger partial charge is 0.324 e. The van der Waals surface area contributed by atoms with Crippen LogP contribution in [0.15, 0.2) is 46.0 Å². The van der Waals surface area contributed by atoms with Crippen LogP contribution in [-0.2, 0) is 10.1 Å². The fourth-order valence-corrected chi connectivity index (χ4v) is 2.77. The molecule has 0 saturated heterocycles. The van der Waals surface area contributed by atoms with Crippen LogP contribution in [0.2, 0.25) is 0 Å². The summed E-state index contributed by atoms with van der Waals surface area (Å²) in [6, 6.07) is 5.98. The second kappa shape index (κ2) is 5.38. The van der Waals surface area contributed by atoms with Gasteiger partial charge in [-0.1, -0.05) is 4.73 Å². The molecule has 0 aliphatic rings. The first-order valence-corrected chi connectivity index (χ1v) is 8.37. The van der Waals surface area contributed by atoms with Crippen molar-refractivity contribution in [3.05, 3.63) is 68.7 Å². The van der Waals surface area contributed by atoms with Crippen molar-refractivity contribution >= 4 is 31.7 Å². The lowest BCUT2D eigenvalue weighted by atomic mass is 10.1. The molecule has 0 amide bonds. The molecule has 1 aromatic heterocycles. The van der Waals surface area contributed by atoms with E-state index < -0.39 is 32.9 Å². The third-order valence-corrected chi connectivity index (χ3v) is 3.71. The van der Waals surface area contributed by atoms with Crippen LogP contribution >= 0.6 is 0 Å². The van der Waals surface area contributed by atoms with Crippen LogP contribution < -0.4 is 15.4 Å². The first kappa shape index (κ1) is 16.1. The van der Waals surface area contributed by atoms with Gasteiger partial charge < -0.3 is 0 Å². The number of hydrogen-bond donors (Lipinski definition) is 0. The molecule has 9 heteroatoms. The first-order chi connectivity index (χ1) is 11.2. The molecule has 124 valence electrons. The molecule has 0 fully saturated rings. The zero-order chi connectivity index (χ0) is 17.6. The van der Waals surface area contributed by atoms with Gasteiger partial charge in [-0.25, -0.2) is 8.78 Å². The zero-order valence-electron chi connectivity index (χ0n) is 12.1. The van der Waals surface area contributed by atoms with Gasteiger partial charge in [0.25, 0.3) is 11.1 Å². The highest BCUT2D eigenvalue weighted by molar-refractivity contribution is 7.86. The van der Waals surface area contributed by atoms with Gasteiger partial charge in [0.1, 0.15) is 11.6 Å². The molecule has 0 saturated carbocycles. The lowest BCUT2D eigenvalue weighted by Crippen LogP contribution is -2.38. The van der Waals surface area contributed by atoms with Crippen molar-refractivity contribution in [1.29, 1.82) is 0 Å². The van der Waals surface area contributed by atoms with Gasteiger partial charge in [-0.15, -0.1) is 0 Å². The van der Waals surface area contributed by atoms with Crippen LogP contribution in [0.4, 0.5) is 8.78 Å². The van der Waals surface area contributed by atoms with Gasteiger partial charge in [0.05, 0.1) is 17.0 Å². The lowest BCUT2D eigenvalue weighted by Gasteiger charge is -2.01. The molecule has 3 rings (SSSR count). The van der Waals surface area contributed by atoms with Crippen LogP contribution in [0, 0.1) is 11.6 Å². The Morgan fingerprint density at radius 1 is 0.833 bits per heavy atom. The molecule has 0 bridgehead atoms. The van der Waals surface area contributed by atoms with Gasteiger partial charge in [0.15, 0.2) is 0 Å². The Labute approximate surface area is 133 Å². The third-order valence-electron chi connectivity index (χ3n) is 3.29. The molecule has 0 aliphatic heterocycles. The first-order valence-electron chi connectivity index (χ1n) is 6.55. The molecular weight excluding hydrogens is 344 g/mol. The second-order valence-corrected chi connectivity index (χ2v) is 6.62. The Morgan fingerprint density at radius 2 is 1.25 bits per heavy atom. The fraction of sp³-hybridized carbons (Fsp3) is 0.0667. The Bertz CT molecular complexity index is 1140. The number of fused-ring (bicyclic) bond motifs is 3. The highest BCUT2D eigenvalue weighted by Gasteiger charge is 2.16. The van der Waals surface area contributed by atoms with E-state index in [1.807, 2.05) is 0 Å². The van der Waals surface area contributed by atoms with E-state index in [0.717, 1.165) is 36.4 Å². The Hall–Kier alpha value is -2.81. The van der Waals surface area contributed by atoms with Gasteiger partial charge in [-0.05, 0) is 47.2 Å². The summed E-state index contributed by atoms with van der Waals surface area (Å²) < 4.78 is 54.4. The van der Waals surface area contributed by atoms with Crippen molar-refractivity contribution < 1.29 is 21.5 Å². The van der Waals surface area contributed by atoms with Crippen molar-refractivity contribution in [3.63, 3.8) is 0 Å². The monoisotopic (exact) mass is 353 g/mol. The molecule has 2 aromatic carbocycles. The summed E-state index contributed by atoms with van der Waals surface area (Å²) in [6.07, 6.45) is 0.662. The lowest BCUT2D eigenvalue weighted by molar-refractivity contribution is 0.264. The van der Waals surface area contributed by atoms with Gasteiger partial charge in [0, 0.05) is 0 Å². The van der Waals surface area contributed by atoms with Gasteiger partial charge in [0.2, 0.25) is 0 Å². The number of hydrogen-bond acceptors (Lipinski definition) is 5. The number of rotatable bonds is 2. The molecule has 0 spiro atoms. The predicted octanol–water partition coefficient (Wildman–Crippen LogP) is 1.18. The maximum absolute atomic E-state index is 13.6. The molecular formula is C15H9F2NO5S. The number of aromatic nitrogens is 1. The Kier molecular flexibility index (Phi) is 3.60. The van der Waals surface area contributed by atoms with Crippen LogP contribution in [0.25, 0.3) is 21.5 Å². The second-order valence-electron chi connectivity index (χ2n) is 5.06. The minimum Gasteiger partial charge on any atom is -0.281 e. The molecule has 0 N–H and O–H groups in total. The van der Waals surface area contributed by atoms with Crippen LogP contribution in [0.3, 0.4) is 0 Å². The molecule has 24 heavy (non-hydrogen) atoms. The minimum atomic E-state index is -4.19. The van der Waals surface area contributed by atoms with E-state index in [9.17, 15) is 26.8 Å². The highest BCUT2D eigenvalue weighted by atomic mass is 32.2. The molecule has 0 atom stereocenters. The average molecular weight is 353 g/mol. The SMILES string of the molecule is CS(=O)(=O)On1c(=O)c2ccc(F)cc2c2cc(F)ccc2c1=O. The van der Waals surface area contributed by atoms with Crippen LogP contribution in [0.5, 0.6) is 0 Å². The average Bonchev–Trinajstić information content (AvgIpc) is 2.56. The highest BCUT2D eigenvalue weighted by Crippen LogP contribution is 2.21. The number of nitrogens with zero attached hydrogens (tertiary/aromatic N) is 1. The number of halogens is 2. The Balaban J connectivity index is 2.69. The standard InChI is InChI=1S/C15H9F2NO5S/c1-24(21,22)23-18-14(19)10-4-2-8(16)6-12(10)13-7-9(17)3-5-11(13)15(18)20/h2-7H,1H3. The van der Waals surface area contributed by atoms with E-state index in [1.54, 1.807) is 0 Å². The van der Waals surface area contributed by atoms with Gasteiger partial charge in [-0.2, -0.15) is 8.42 Å². The topological polar surface area (TPSA) is 82.4 Å². The number of benzene rings is 2. The Morgan fingerprint density at radius 3 is 1.62 bits per heavy atom. The smallest absolute Gasteiger partial charge is 0.281 e. The summed E-state index contributed by atoms with van der Waals surface area (Å²) in [5, 5.41) is -0.472. The summed E-state index contributed by atoms with van der Waals surface area (Å²) in [5.74, 6) is -1.41. The van der Waals surface area contributed by atoms with Crippen LogP contribution in [0.1, 0.15) is 0 Å². The fourth-order valence-electron chi connectivity index (χ4n) is 2.37. The molecule has 3 aromatic rings. The van der Waals surface area contributed by atoms with E-state index in [0.29, 0.717) is 6.26 Å². The van der Waals surface area contributed by atoms with E-state index in [2.05, 4.69) is 4.28 Å². The summed E-state index contributed by atoms with van der Waals surface area (Å²) in [6.45, 7) is 0. The van der Waals surface area contributed by atoms with E-state index >= 15 is 0 Å². The molecule has 6 nitrogen and oxygen atoms in total. The summed E-state index contributed by atoms with van der Waals surface area (Å²) >= 11 is 0. The van der Waals surface area contributed by atoms with Gasteiger partial charge in [-0.3, -0.25) is 13.9 Å². The maximum Gasteiger partial charge on any atom is 0.324 e.